The number of rotatable bonds is 2. The average molecular weight is 299 g/mol. The summed E-state index contributed by atoms with van der Waals surface area (Å²) in [5.74, 6) is 0. The molecule has 0 saturated heterocycles. The summed E-state index contributed by atoms with van der Waals surface area (Å²) < 4.78 is 6.19. The molecule has 0 fully saturated rings. The molecule has 2 N–H and O–H groups in total. The van der Waals surface area contributed by atoms with Crippen LogP contribution in [0.4, 0.5) is 0 Å². The van der Waals surface area contributed by atoms with E-state index in [9.17, 15) is 0 Å². The van der Waals surface area contributed by atoms with E-state index in [1.54, 1.807) is 12.5 Å². The zero-order chi connectivity index (χ0) is 9.97. The summed E-state index contributed by atoms with van der Waals surface area (Å²) in [5.41, 5.74) is 8.24. The van der Waals surface area contributed by atoms with Crippen LogP contribution in [-0.4, -0.2) is 0 Å². The van der Waals surface area contributed by atoms with Crippen LogP contribution in [0.2, 0.25) is 0 Å². The summed E-state index contributed by atoms with van der Waals surface area (Å²) in [6.07, 6.45) is 3.33. The van der Waals surface area contributed by atoms with Crippen LogP contribution in [0.25, 0.3) is 0 Å². The molecule has 0 amide bonds. The highest BCUT2D eigenvalue weighted by molar-refractivity contribution is 14.1. The summed E-state index contributed by atoms with van der Waals surface area (Å²) in [7, 11) is 0. The highest BCUT2D eigenvalue weighted by atomic mass is 127. The normalized spacial score (nSPS) is 12.7. The molecule has 1 aromatic carbocycles. The molecule has 0 saturated carbocycles. The molecule has 14 heavy (non-hydrogen) atoms. The molecule has 1 heterocycles. The van der Waals surface area contributed by atoms with Crippen LogP contribution in [0, 0.1) is 3.57 Å². The second-order valence-electron chi connectivity index (χ2n) is 3.06. The first kappa shape index (κ1) is 9.73. The Bertz CT molecular complexity index is 411. The van der Waals surface area contributed by atoms with Gasteiger partial charge in [-0.15, -0.1) is 0 Å². The van der Waals surface area contributed by atoms with Crippen LogP contribution in [0.15, 0.2) is 47.3 Å². The molecular weight excluding hydrogens is 289 g/mol. The van der Waals surface area contributed by atoms with Gasteiger partial charge in [0.1, 0.15) is 0 Å². The Kier molecular flexibility index (Phi) is 2.88. The van der Waals surface area contributed by atoms with Crippen LogP contribution in [-0.2, 0) is 0 Å². The first-order chi connectivity index (χ1) is 6.79. The second kappa shape index (κ2) is 4.14. The molecule has 3 heteroatoms. The third-order valence-corrected chi connectivity index (χ3v) is 3.12. The molecule has 1 unspecified atom stereocenters. The van der Waals surface area contributed by atoms with Gasteiger partial charge in [-0.1, -0.05) is 18.2 Å². The van der Waals surface area contributed by atoms with Crippen LogP contribution < -0.4 is 5.73 Å². The number of hydrogen-bond acceptors (Lipinski definition) is 2. The van der Waals surface area contributed by atoms with E-state index in [4.69, 9.17) is 10.2 Å². The van der Waals surface area contributed by atoms with Crippen molar-refractivity contribution >= 4 is 22.6 Å². The van der Waals surface area contributed by atoms with Crippen LogP contribution in [0.5, 0.6) is 0 Å². The van der Waals surface area contributed by atoms with E-state index in [1.165, 1.54) is 3.57 Å². The largest absolute Gasteiger partial charge is 0.472 e. The molecular formula is C11H10INO. The lowest BCUT2D eigenvalue weighted by Crippen LogP contribution is -2.12. The first-order valence-corrected chi connectivity index (χ1v) is 5.39. The van der Waals surface area contributed by atoms with Gasteiger partial charge in [0, 0.05) is 9.13 Å². The van der Waals surface area contributed by atoms with Crippen LogP contribution >= 0.6 is 22.6 Å². The Morgan fingerprint density at radius 1 is 1.21 bits per heavy atom. The van der Waals surface area contributed by atoms with Crippen LogP contribution in [0.1, 0.15) is 17.2 Å². The summed E-state index contributed by atoms with van der Waals surface area (Å²) in [6, 6.07) is 9.90. The van der Waals surface area contributed by atoms with Gasteiger partial charge in [0.2, 0.25) is 0 Å². The van der Waals surface area contributed by atoms with Crippen molar-refractivity contribution in [2.24, 2.45) is 5.73 Å². The van der Waals surface area contributed by atoms with Gasteiger partial charge in [0.05, 0.1) is 18.6 Å². The SMILES string of the molecule is NC(c1ccoc1)c1ccccc1I. The Balaban J connectivity index is 2.37. The van der Waals surface area contributed by atoms with Crippen molar-refractivity contribution in [2.75, 3.05) is 0 Å². The number of benzene rings is 1. The van der Waals surface area contributed by atoms with Gasteiger partial charge >= 0.3 is 0 Å². The minimum atomic E-state index is -0.0955. The molecule has 1 atom stereocenters. The van der Waals surface area contributed by atoms with Crippen LogP contribution in [0.3, 0.4) is 0 Å². The van der Waals surface area contributed by atoms with Gasteiger partial charge in [-0.05, 0) is 40.3 Å². The van der Waals surface area contributed by atoms with Crippen molar-refractivity contribution in [1.29, 1.82) is 0 Å². The molecule has 1 aromatic heterocycles. The maximum atomic E-state index is 6.10. The van der Waals surface area contributed by atoms with E-state index in [2.05, 4.69) is 28.7 Å². The fourth-order valence-electron chi connectivity index (χ4n) is 1.36. The Labute approximate surface area is 96.2 Å². The third-order valence-electron chi connectivity index (χ3n) is 2.14. The summed E-state index contributed by atoms with van der Waals surface area (Å²) in [6.45, 7) is 0. The van der Waals surface area contributed by atoms with Gasteiger partial charge in [0.25, 0.3) is 0 Å². The van der Waals surface area contributed by atoms with Gasteiger partial charge in [0.15, 0.2) is 0 Å². The van der Waals surface area contributed by atoms with E-state index in [0.717, 1.165) is 11.1 Å². The van der Waals surface area contributed by atoms with Crippen molar-refractivity contribution in [3.8, 4) is 0 Å². The van der Waals surface area contributed by atoms with E-state index in [-0.39, 0.29) is 6.04 Å². The monoisotopic (exact) mass is 299 g/mol. The quantitative estimate of drug-likeness (QED) is 0.866. The maximum Gasteiger partial charge on any atom is 0.0953 e. The molecule has 2 nitrogen and oxygen atoms in total. The Morgan fingerprint density at radius 2 is 2.00 bits per heavy atom. The molecule has 2 rings (SSSR count). The lowest BCUT2D eigenvalue weighted by molar-refractivity contribution is 0.562. The lowest BCUT2D eigenvalue weighted by Gasteiger charge is -2.11. The third kappa shape index (κ3) is 1.83. The highest BCUT2D eigenvalue weighted by Gasteiger charge is 2.11. The fraction of sp³-hybridized carbons (Fsp3) is 0.0909. The van der Waals surface area contributed by atoms with Crippen molar-refractivity contribution in [3.05, 3.63) is 57.6 Å². The Hall–Kier alpha value is -0.810. The van der Waals surface area contributed by atoms with E-state index < -0.39 is 0 Å². The molecule has 0 bridgehead atoms. The zero-order valence-corrected chi connectivity index (χ0v) is 9.64. The number of hydrogen-bond donors (Lipinski definition) is 1. The number of halogens is 1. The maximum absolute atomic E-state index is 6.10. The summed E-state index contributed by atoms with van der Waals surface area (Å²) >= 11 is 2.29. The molecule has 2 aromatic rings. The second-order valence-corrected chi connectivity index (χ2v) is 4.22. The lowest BCUT2D eigenvalue weighted by atomic mass is 10.0. The molecule has 0 aliphatic rings. The molecule has 0 spiro atoms. The van der Waals surface area contributed by atoms with Crippen molar-refractivity contribution in [1.82, 2.24) is 0 Å². The number of furan rings is 1. The minimum absolute atomic E-state index is 0.0955. The Morgan fingerprint density at radius 3 is 2.64 bits per heavy atom. The molecule has 0 aliphatic carbocycles. The van der Waals surface area contributed by atoms with E-state index in [1.807, 2.05) is 24.3 Å². The van der Waals surface area contributed by atoms with Gasteiger partial charge in [-0.25, -0.2) is 0 Å². The first-order valence-electron chi connectivity index (χ1n) is 4.31. The number of nitrogens with two attached hydrogens (primary N) is 1. The predicted octanol–water partition coefficient (Wildman–Crippen LogP) is 2.93. The topological polar surface area (TPSA) is 39.2 Å². The van der Waals surface area contributed by atoms with Crippen molar-refractivity contribution < 1.29 is 4.42 Å². The average Bonchev–Trinajstić information content (AvgIpc) is 2.70. The van der Waals surface area contributed by atoms with E-state index >= 15 is 0 Å². The van der Waals surface area contributed by atoms with Gasteiger partial charge in [-0.2, -0.15) is 0 Å². The molecule has 72 valence electrons. The fourth-order valence-corrected chi connectivity index (χ4v) is 2.08. The van der Waals surface area contributed by atoms with Gasteiger partial charge in [-0.3, -0.25) is 0 Å². The van der Waals surface area contributed by atoms with E-state index in [0.29, 0.717) is 0 Å². The minimum Gasteiger partial charge on any atom is -0.472 e. The summed E-state index contributed by atoms with van der Waals surface area (Å²) in [5, 5.41) is 0. The molecule has 0 radical (unpaired) electrons. The summed E-state index contributed by atoms with van der Waals surface area (Å²) in [4.78, 5) is 0. The molecule has 0 aliphatic heterocycles. The zero-order valence-electron chi connectivity index (χ0n) is 7.48. The van der Waals surface area contributed by atoms with Crippen molar-refractivity contribution in [3.63, 3.8) is 0 Å². The van der Waals surface area contributed by atoms with Gasteiger partial charge < -0.3 is 10.2 Å². The standard InChI is InChI=1S/C11H10INO/c12-10-4-2-1-3-9(10)11(13)8-5-6-14-7-8/h1-7,11H,13H2. The smallest absolute Gasteiger partial charge is 0.0953 e. The van der Waals surface area contributed by atoms with Crippen molar-refractivity contribution in [2.45, 2.75) is 6.04 Å². The highest BCUT2D eigenvalue weighted by Crippen LogP contribution is 2.23. The predicted molar refractivity (Wildman–Crippen MR) is 63.9 cm³/mol.